The number of piperidine rings is 1. The third kappa shape index (κ3) is 3.07. The van der Waals surface area contributed by atoms with Crippen LogP contribution in [0.25, 0.3) is 0 Å². The van der Waals surface area contributed by atoms with Gasteiger partial charge in [0, 0.05) is 55.6 Å². The monoisotopic (exact) mass is 338 g/mol. The SMILES string of the molecule is Cc1ccc(C2(O)C3CCCC2CN(Cc2cnc(C)nc2)C3)nc1. The topological polar surface area (TPSA) is 62.1 Å². The largest absolute Gasteiger partial charge is 0.383 e. The summed E-state index contributed by atoms with van der Waals surface area (Å²) in [4.78, 5) is 15.6. The van der Waals surface area contributed by atoms with Crippen molar-refractivity contribution in [2.24, 2.45) is 11.8 Å². The van der Waals surface area contributed by atoms with Gasteiger partial charge in [-0.1, -0.05) is 12.5 Å². The highest BCUT2D eigenvalue weighted by Crippen LogP contribution is 2.48. The Labute approximate surface area is 149 Å². The molecule has 4 rings (SSSR count). The van der Waals surface area contributed by atoms with Gasteiger partial charge in [-0.05, 0) is 38.3 Å². The van der Waals surface area contributed by atoms with Crippen LogP contribution in [-0.4, -0.2) is 38.0 Å². The second kappa shape index (κ2) is 6.46. The first-order valence-corrected chi connectivity index (χ1v) is 9.21. The van der Waals surface area contributed by atoms with Crippen LogP contribution in [0.2, 0.25) is 0 Å². The molecule has 2 unspecified atom stereocenters. The van der Waals surface area contributed by atoms with Crippen LogP contribution in [-0.2, 0) is 12.1 Å². The van der Waals surface area contributed by atoms with Gasteiger partial charge in [-0.15, -0.1) is 0 Å². The van der Waals surface area contributed by atoms with Crippen molar-refractivity contribution in [3.05, 3.63) is 53.4 Å². The third-order valence-corrected chi connectivity index (χ3v) is 5.87. The quantitative estimate of drug-likeness (QED) is 0.932. The number of fused-ring (bicyclic) bond motifs is 2. The molecule has 1 N–H and O–H groups in total. The summed E-state index contributed by atoms with van der Waals surface area (Å²) in [5.74, 6) is 1.28. The van der Waals surface area contributed by atoms with E-state index in [-0.39, 0.29) is 11.8 Å². The van der Waals surface area contributed by atoms with Crippen LogP contribution in [0.1, 0.15) is 41.9 Å². The Hall–Kier alpha value is -1.85. The third-order valence-electron chi connectivity index (χ3n) is 5.87. The summed E-state index contributed by atoms with van der Waals surface area (Å²) in [5.41, 5.74) is 2.34. The van der Waals surface area contributed by atoms with Crippen LogP contribution in [0.5, 0.6) is 0 Å². The lowest BCUT2D eigenvalue weighted by atomic mass is 9.64. The fraction of sp³-hybridized carbons (Fsp3) is 0.550. The van der Waals surface area contributed by atoms with Crippen LogP contribution in [0.15, 0.2) is 30.7 Å². The van der Waals surface area contributed by atoms with Crippen LogP contribution in [0.3, 0.4) is 0 Å². The molecule has 1 aliphatic carbocycles. The molecule has 5 heteroatoms. The molecule has 0 amide bonds. The Kier molecular flexibility index (Phi) is 4.29. The fourth-order valence-electron chi connectivity index (χ4n) is 4.55. The van der Waals surface area contributed by atoms with E-state index in [1.807, 2.05) is 38.5 Å². The van der Waals surface area contributed by atoms with Gasteiger partial charge in [-0.25, -0.2) is 9.97 Å². The highest BCUT2D eigenvalue weighted by Gasteiger charge is 2.52. The van der Waals surface area contributed by atoms with Crippen LogP contribution in [0.4, 0.5) is 0 Å². The second-order valence-corrected chi connectivity index (χ2v) is 7.70. The van der Waals surface area contributed by atoms with Crippen LogP contribution >= 0.6 is 0 Å². The van der Waals surface area contributed by atoms with Crippen molar-refractivity contribution >= 4 is 0 Å². The highest BCUT2D eigenvalue weighted by molar-refractivity contribution is 5.22. The predicted octanol–water partition coefficient (Wildman–Crippen LogP) is 2.61. The molecule has 132 valence electrons. The lowest BCUT2D eigenvalue weighted by Crippen LogP contribution is -2.58. The number of nitrogens with zero attached hydrogens (tertiary/aromatic N) is 4. The number of hydrogen-bond donors (Lipinski definition) is 1. The molecular weight excluding hydrogens is 312 g/mol. The van der Waals surface area contributed by atoms with Gasteiger partial charge in [-0.3, -0.25) is 9.88 Å². The number of rotatable bonds is 3. The number of aromatic nitrogens is 3. The summed E-state index contributed by atoms with van der Waals surface area (Å²) in [7, 11) is 0. The van der Waals surface area contributed by atoms with E-state index in [4.69, 9.17) is 0 Å². The maximum atomic E-state index is 11.6. The molecule has 5 nitrogen and oxygen atoms in total. The molecule has 2 bridgehead atoms. The van der Waals surface area contributed by atoms with E-state index >= 15 is 0 Å². The molecule has 1 saturated carbocycles. The van der Waals surface area contributed by atoms with Gasteiger partial charge in [0.25, 0.3) is 0 Å². The van der Waals surface area contributed by atoms with E-state index in [1.54, 1.807) is 0 Å². The standard InChI is InChI=1S/C20H26N4O/c1-14-6-7-19(23-8-14)20(25)17-4-3-5-18(20)13-24(12-17)11-16-9-21-15(2)22-10-16/h6-10,17-18,25H,3-5,11-13H2,1-2H3. The molecule has 2 aliphatic rings. The summed E-state index contributed by atoms with van der Waals surface area (Å²) in [6, 6.07) is 4.08. The molecule has 3 heterocycles. The minimum absolute atomic E-state index is 0.238. The lowest BCUT2D eigenvalue weighted by molar-refractivity contribution is -0.151. The molecule has 2 aromatic rings. The van der Waals surface area contributed by atoms with Gasteiger partial charge in [0.05, 0.1) is 5.69 Å². The van der Waals surface area contributed by atoms with Gasteiger partial charge >= 0.3 is 0 Å². The molecule has 2 fully saturated rings. The van der Waals surface area contributed by atoms with E-state index in [9.17, 15) is 5.11 Å². The average Bonchev–Trinajstić information content (AvgIpc) is 2.58. The molecule has 0 spiro atoms. The predicted molar refractivity (Wildman–Crippen MR) is 95.7 cm³/mol. The van der Waals surface area contributed by atoms with Crippen LogP contribution < -0.4 is 0 Å². The molecule has 25 heavy (non-hydrogen) atoms. The number of hydrogen-bond acceptors (Lipinski definition) is 5. The van der Waals surface area contributed by atoms with Gasteiger partial charge in [-0.2, -0.15) is 0 Å². The van der Waals surface area contributed by atoms with Gasteiger partial charge in [0.2, 0.25) is 0 Å². The molecule has 0 aromatic carbocycles. The maximum Gasteiger partial charge on any atom is 0.125 e. The Balaban J connectivity index is 1.56. The van der Waals surface area contributed by atoms with E-state index in [0.717, 1.165) is 55.1 Å². The highest BCUT2D eigenvalue weighted by atomic mass is 16.3. The second-order valence-electron chi connectivity index (χ2n) is 7.70. The first-order chi connectivity index (χ1) is 12.1. The first kappa shape index (κ1) is 16.6. The van der Waals surface area contributed by atoms with E-state index < -0.39 is 5.60 Å². The first-order valence-electron chi connectivity index (χ1n) is 9.21. The van der Waals surface area contributed by atoms with E-state index in [0.29, 0.717) is 0 Å². The summed E-state index contributed by atoms with van der Waals surface area (Å²) >= 11 is 0. The molecule has 2 atom stereocenters. The Morgan fingerprint density at radius 2 is 1.72 bits per heavy atom. The minimum atomic E-state index is -0.785. The van der Waals surface area contributed by atoms with Crippen molar-refractivity contribution in [3.63, 3.8) is 0 Å². The Bertz CT molecular complexity index is 714. The molecular formula is C20H26N4O. The Morgan fingerprint density at radius 3 is 2.32 bits per heavy atom. The molecule has 1 saturated heterocycles. The van der Waals surface area contributed by atoms with Crippen molar-refractivity contribution in [1.82, 2.24) is 19.9 Å². The fourth-order valence-corrected chi connectivity index (χ4v) is 4.55. The van der Waals surface area contributed by atoms with Crippen molar-refractivity contribution in [1.29, 1.82) is 0 Å². The summed E-state index contributed by atoms with van der Waals surface area (Å²) in [5, 5.41) is 11.6. The number of pyridine rings is 1. The summed E-state index contributed by atoms with van der Waals surface area (Å²) in [6.07, 6.45) is 9.03. The molecule has 2 aromatic heterocycles. The zero-order chi connectivity index (χ0) is 17.4. The Morgan fingerprint density at radius 1 is 1.04 bits per heavy atom. The van der Waals surface area contributed by atoms with Crippen molar-refractivity contribution in [2.45, 2.75) is 45.3 Å². The van der Waals surface area contributed by atoms with Crippen molar-refractivity contribution in [2.75, 3.05) is 13.1 Å². The normalized spacial score (nSPS) is 29.6. The summed E-state index contributed by atoms with van der Waals surface area (Å²) in [6.45, 7) is 6.59. The number of likely N-dealkylation sites (tertiary alicyclic amines) is 1. The maximum absolute atomic E-state index is 11.6. The number of aryl methyl sites for hydroxylation is 2. The zero-order valence-electron chi connectivity index (χ0n) is 15.0. The van der Waals surface area contributed by atoms with Gasteiger partial charge < -0.3 is 5.11 Å². The van der Waals surface area contributed by atoms with E-state index in [2.05, 4.69) is 25.9 Å². The van der Waals surface area contributed by atoms with Crippen LogP contribution in [0, 0.1) is 25.7 Å². The molecule has 0 radical (unpaired) electrons. The number of aliphatic hydroxyl groups is 1. The van der Waals surface area contributed by atoms with Crippen molar-refractivity contribution in [3.8, 4) is 0 Å². The average molecular weight is 338 g/mol. The zero-order valence-corrected chi connectivity index (χ0v) is 15.0. The molecule has 1 aliphatic heterocycles. The van der Waals surface area contributed by atoms with Gasteiger partial charge in [0.15, 0.2) is 0 Å². The lowest BCUT2D eigenvalue weighted by Gasteiger charge is -2.52. The summed E-state index contributed by atoms with van der Waals surface area (Å²) < 4.78 is 0. The van der Waals surface area contributed by atoms with E-state index in [1.165, 1.54) is 6.42 Å². The van der Waals surface area contributed by atoms with Crippen molar-refractivity contribution < 1.29 is 5.11 Å². The van der Waals surface area contributed by atoms with Gasteiger partial charge in [0.1, 0.15) is 11.4 Å². The minimum Gasteiger partial charge on any atom is -0.383 e. The smallest absolute Gasteiger partial charge is 0.125 e.